The Bertz CT molecular complexity index is 677. The zero-order chi connectivity index (χ0) is 17.8. The molecule has 134 valence electrons. The maximum atomic E-state index is 12.5. The Morgan fingerprint density at radius 1 is 1.40 bits per heavy atom. The maximum absolute atomic E-state index is 12.5. The molecule has 0 spiro atoms. The van der Waals surface area contributed by atoms with Gasteiger partial charge in [-0.3, -0.25) is 14.5 Å². The van der Waals surface area contributed by atoms with Crippen LogP contribution in [0.4, 0.5) is 0 Å². The van der Waals surface area contributed by atoms with Crippen molar-refractivity contribution in [3.05, 3.63) is 27.3 Å². The van der Waals surface area contributed by atoms with Gasteiger partial charge < -0.3 is 4.90 Å². The number of likely N-dealkylation sites (tertiary alicyclic amines) is 1. The van der Waals surface area contributed by atoms with Gasteiger partial charge in [-0.15, -0.1) is 11.3 Å². The van der Waals surface area contributed by atoms with Crippen LogP contribution in [0.15, 0.2) is 22.4 Å². The fourth-order valence-corrected chi connectivity index (χ4v) is 5.03. The predicted molar refractivity (Wildman–Crippen MR) is 108 cm³/mol. The fourth-order valence-electron chi connectivity index (χ4n) is 3.00. The molecule has 2 aliphatic rings. The van der Waals surface area contributed by atoms with E-state index in [2.05, 4.69) is 6.92 Å². The molecule has 4 nitrogen and oxygen atoms in total. The molecule has 3 rings (SSSR count). The van der Waals surface area contributed by atoms with E-state index in [1.807, 2.05) is 28.5 Å². The van der Waals surface area contributed by atoms with Gasteiger partial charge >= 0.3 is 0 Å². The van der Waals surface area contributed by atoms with Gasteiger partial charge in [0.05, 0.1) is 4.91 Å². The van der Waals surface area contributed by atoms with Gasteiger partial charge in [0.2, 0.25) is 5.91 Å². The smallest absolute Gasteiger partial charge is 0.266 e. The summed E-state index contributed by atoms with van der Waals surface area (Å²) in [6.07, 6.45) is 5.21. The minimum Gasteiger partial charge on any atom is -0.343 e. The quantitative estimate of drug-likeness (QED) is 0.559. The van der Waals surface area contributed by atoms with E-state index in [-0.39, 0.29) is 11.8 Å². The van der Waals surface area contributed by atoms with Gasteiger partial charge in [0, 0.05) is 30.9 Å². The summed E-state index contributed by atoms with van der Waals surface area (Å²) in [4.78, 5) is 30.1. The molecule has 0 radical (unpaired) electrons. The molecule has 1 aromatic rings. The van der Waals surface area contributed by atoms with E-state index in [4.69, 9.17) is 12.2 Å². The molecule has 0 aromatic carbocycles. The van der Waals surface area contributed by atoms with Crippen LogP contribution >= 0.6 is 35.3 Å². The zero-order valence-electron chi connectivity index (χ0n) is 14.3. The molecule has 0 unspecified atom stereocenters. The summed E-state index contributed by atoms with van der Waals surface area (Å²) in [5.74, 6) is 0.878. The fraction of sp³-hybridized carbons (Fsp3) is 0.500. The van der Waals surface area contributed by atoms with Crippen LogP contribution in [0.5, 0.6) is 0 Å². The molecule has 0 N–H and O–H groups in total. The Morgan fingerprint density at radius 2 is 2.16 bits per heavy atom. The summed E-state index contributed by atoms with van der Waals surface area (Å²) in [6, 6.07) is 3.94. The molecule has 1 aromatic heterocycles. The highest BCUT2D eigenvalue weighted by Crippen LogP contribution is 2.33. The predicted octanol–water partition coefficient (Wildman–Crippen LogP) is 3.99. The molecule has 0 saturated carbocycles. The first-order valence-corrected chi connectivity index (χ1v) is 10.7. The van der Waals surface area contributed by atoms with Crippen molar-refractivity contribution in [1.29, 1.82) is 0 Å². The Balaban J connectivity index is 1.49. The number of thiocarbonyl (C=S) groups is 1. The van der Waals surface area contributed by atoms with Crippen molar-refractivity contribution in [3.8, 4) is 0 Å². The topological polar surface area (TPSA) is 40.6 Å². The van der Waals surface area contributed by atoms with Crippen LogP contribution in [-0.4, -0.2) is 45.6 Å². The first-order chi connectivity index (χ1) is 12.0. The number of carbonyl (C=O) groups excluding carboxylic acids is 2. The van der Waals surface area contributed by atoms with Crippen LogP contribution in [0.1, 0.15) is 37.5 Å². The second-order valence-electron chi connectivity index (χ2n) is 6.52. The van der Waals surface area contributed by atoms with Crippen LogP contribution in [0, 0.1) is 5.92 Å². The highest BCUT2D eigenvalue weighted by Gasteiger charge is 2.32. The summed E-state index contributed by atoms with van der Waals surface area (Å²) < 4.78 is 0.590. The lowest BCUT2D eigenvalue weighted by atomic mass is 9.99. The average Bonchev–Trinajstić information content (AvgIpc) is 3.19. The zero-order valence-corrected chi connectivity index (χ0v) is 16.7. The summed E-state index contributed by atoms with van der Waals surface area (Å²) >= 11 is 8.29. The molecule has 2 saturated heterocycles. The Morgan fingerprint density at radius 3 is 2.84 bits per heavy atom. The van der Waals surface area contributed by atoms with Gasteiger partial charge in [-0.2, -0.15) is 0 Å². The minimum atomic E-state index is -0.0392. The number of amides is 2. The minimum absolute atomic E-state index is 0.0392. The summed E-state index contributed by atoms with van der Waals surface area (Å²) in [6.45, 7) is 4.48. The van der Waals surface area contributed by atoms with E-state index < -0.39 is 0 Å². The van der Waals surface area contributed by atoms with E-state index in [9.17, 15) is 9.59 Å². The van der Waals surface area contributed by atoms with Gasteiger partial charge in [0.25, 0.3) is 5.91 Å². The standard InChI is InChI=1S/C18H22N2O2S3/c1-13-6-9-19(10-7-13)16(21)5-2-8-20-17(22)15(25-18(20)23)12-14-4-3-11-24-14/h3-4,11-13H,2,5-10H2,1H3/b15-12+. The first kappa shape index (κ1) is 18.6. The van der Waals surface area contributed by atoms with Gasteiger partial charge in [-0.25, -0.2) is 0 Å². The third-order valence-electron chi connectivity index (χ3n) is 4.60. The third kappa shape index (κ3) is 4.71. The number of hydrogen-bond donors (Lipinski definition) is 0. The van der Waals surface area contributed by atoms with Crippen molar-refractivity contribution in [1.82, 2.24) is 9.80 Å². The van der Waals surface area contributed by atoms with E-state index in [0.717, 1.165) is 30.8 Å². The number of thiophene rings is 1. The summed E-state index contributed by atoms with van der Waals surface area (Å²) in [5.41, 5.74) is 0. The van der Waals surface area contributed by atoms with Crippen molar-refractivity contribution in [3.63, 3.8) is 0 Å². The first-order valence-electron chi connectivity index (χ1n) is 8.61. The van der Waals surface area contributed by atoms with Crippen molar-refractivity contribution >= 4 is 57.5 Å². The van der Waals surface area contributed by atoms with Gasteiger partial charge in [-0.1, -0.05) is 37.0 Å². The molecule has 0 bridgehead atoms. The van der Waals surface area contributed by atoms with E-state index in [1.165, 1.54) is 11.8 Å². The Kier molecular flexibility index (Phi) is 6.30. The number of nitrogens with zero attached hydrogens (tertiary/aromatic N) is 2. The van der Waals surface area contributed by atoms with E-state index in [1.54, 1.807) is 16.2 Å². The number of carbonyl (C=O) groups is 2. The largest absolute Gasteiger partial charge is 0.343 e. The lowest BCUT2D eigenvalue weighted by Gasteiger charge is -2.30. The molecule has 2 fully saturated rings. The summed E-state index contributed by atoms with van der Waals surface area (Å²) in [5, 5.41) is 1.99. The Hall–Kier alpha value is -1.18. The van der Waals surface area contributed by atoms with Crippen molar-refractivity contribution in [2.24, 2.45) is 5.92 Å². The lowest BCUT2D eigenvalue weighted by Crippen LogP contribution is -2.38. The van der Waals surface area contributed by atoms with E-state index in [0.29, 0.717) is 34.5 Å². The average molecular weight is 395 g/mol. The second kappa shape index (κ2) is 8.47. The lowest BCUT2D eigenvalue weighted by molar-refractivity contribution is -0.133. The number of thioether (sulfide) groups is 1. The molecule has 25 heavy (non-hydrogen) atoms. The molecular weight excluding hydrogens is 372 g/mol. The number of rotatable bonds is 5. The molecule has 0 aliphatic carbocycles. The van der Waals surface area contributed by atoms with Crippen molar-refractivity contribution in [2.45, 2.75) is 32.6 Å². The maximum Gasteiger partial charge on any atom is 0.266 e. The second-order valence-corrected chi connectivity index (χ2v) is 9.17. The molecule has 2 aliphatic heterocycles. The third-order valence-corrected chi connectivity index (χ3v) is 6.80. The monoisotopic (exact) mass is 394 g/mol. The van der Waals surface area contributed by atoms with Crippen molar-refractivity contribution < 1.29 is 9.59 Å². The molecule has 2 amide bonds. The van der Waals surface area contributed by atoms with E-state index >= 15 is 0 Å². The van der Waals surface area contributed by atoms with Gasteiger partial charge in [-0.05, 0) is 42.7 Å². The van der Waals surface area contributed by atoms with Crippen LogP contribution in [0.3, 0.4) is 0 Å². The van der Waals surface area contributed by atoms with Crippen LogP contribution in [0.25, 0.3) is 6.08 Å². The molecular formula is C18H22N2O2S3. The SMILES string of the molecule is CC1CCN(C(=O)CCCN2C(=O)/C(=C\c3cccs3)SC2=S)CC1. The van der Waals surface area contributed by atoms with Crippen LogP contribution < -0.4 is 0 Å². The summed E-state index contributed by atoms with van der Waals surface area (Å²) in [7, 11) is 0. The molecule has 3 heterocycles. The van der Waals surface area contributed by atoms with Crippen LogP contribution in [0.2, 0.25) is 0 Å². The number of hydrogen-bond acceptors (Lipinski definition) is 5. The Labute approximate surface area is 162 Å². The number of piperidine rings is 1. The molecule has 7 heteroatoms. The molecule has 0 atom stereocenters. The normalized spacial score (nSPS) is 20.8. The highest BCUT2D eigenvalue weighted by molar-refractivity contribution is 8.26. The van der Waals surface area contributed by atoms with Gasteiger partial charge in [0.15, 0.2) is 0 Å². The van der Waals surface area contributed by atoms with Crippen molar-refractivity contribution in [2.75, 3.05) is 19.6 Å². The van der Waals surface area contributed by atoms with Gasteiger partial charge in [0.1, 0.15) is 4.32 Å². The highest BCUT2D eigenvalue weighted by atomic mass is 32.2. The van der Waals surface area contributed by atoms with Crippen LogP contribution in [-0.2, 0) is 9.59 Å².